The fourth-order valence-electron chi connectivity index (χ4n) is 4.07. The highest BCUT2D eigenvalue weighted by Gasteiger charge is 2.52. The normalized spacial score (nSPS) is 23.1. The maximum Gasteiger partial charge on any atom is 0.254 e. The van der Waals surface area contributed by atoms with Crippen molar-refractivity contribution in [2.75, 3.05) is 33.1 Å². The molecule has 0 radical (unpaired) electrons. The number of hydrogen-bond donors (Lipinski definition) is 0. The highest BCUT2D eigenvalue weighted by molar-refractivity contribution is 6.32. The van der Waals surface area contributed by atoms with Crippen LogP contribution < -0.4 is 4.74 Å². The molecule has 1 amide bonds. The molecule has 0 saturated carbocycles. The van der Waals surface area contributed by atoms with Crippen molar-refractivity contribution < 1.29 is 23.7 Å². The summed E-state index contributed by atoms with van der Waals surface area (Å²) in [6.07, 6.45) is 2.10. The third kappa shape index (κ3) is 4.91. The van der Waals surface area contributed by atoms with Gasteiger partial charge in [0.05, 0.1) is 29.5 Å². The Kier molecular flexibility index (Phi) is 6.72. The van der Waals surface area contributed by atoms with E-state index >= 15 is 0 Å². The van der Waals surface area contributed by atoms with Crippen molar-refractivity contribution in [1.29, 1.82) is 0 Å². The number of aromatic nitrogens is 1. The number of likely N-dealkylation sites (tertiary alicyclic amines) is 1. The molecule has 1 aromatic heterocycles. The second-order valence-corrected chi connectivity index (χ2v) is 9.38. The van der Waals surface area contributed by atoms with E-state index in [-0.39, 0.29) is 24.4 Å². The van der Waals surface area contributed by atoms with Crippen LogP contribution in [0.4, 0.5) is 0 Å². The number of ether oxygens (including phenoxy) is 4. The van der Waals surface area contributed by atoms with Gasteiger partial charge < -0.3 is 23.8 Å². The van der Waals surface area contributed by atoms with Crippen LogP contribution in [0.3, 0.4) is 0 Å². The zero-order valence-corrected chi connectivity index (χ0v) is 19.4. The fourth-order valence-corrected chi connectivity index (χ4v) is 4.31. The lowest BCUT2D eigenvalue weighted by molar-refractivity contribution is -0.0470. The summed E-state index contributed by atoms with van der Waals surface area (Å²) in [5.41, 5.74) is 0.523. The van der Waals surface area contributed by atoms with Crippen molar-refractivity contribution in [2.45, 2.75) is 44.5 Å². The lowest BCUT2D eigenvalue weighted by atomic mass is 9.85. The van der Waals surface area contributed by atoms with E-state index in [4.69, 9.17) is 30.5 Å². The number of amides is 1. The van der Waals surface area contributed by atoms with Crippen molar-refractivity contribution in [2.24, 2.45) is 0 Å². The lowest BCUT2D eigenvalue weighted by Crippen LogP contribution is -2.53. The Hall–Kier alpha value is -2.19. The minimum absolute atomic E-state index is 0.0976. The molecule has 3 heterocycles. The number of pyridine rings is 1. The summed E-state index contributed by atoms with van der Waals surface area (Å²) < 4.78 is 23.2. The number of piperidine rings is 1. The van der Waals surface area contributed by atoms with Gasteiger partial charge in [-0.15, -0.1) is 0 Å². The number of hydrogen-bond acceptors (Lipinski definition) is 6. The minimum Gasteiger partial charge on any atom is -0.490 e. The highest BCUT2D eigenvalue weighted by Crippen LogP contribution is 2.41. The molecule has 2 aliphatic rings. The van der Waals surface area contributed by atoms with Crippen LogP contribution in [0.15, 0.2) is 42.6 Å². The summed E-state index contributed by atoms with van der Waals surface area (Å²) in [6, 6.07) is 10.9. The van der Waals surface area contributed by atoms with E-state index in [1.807, 2.05) is 39.0 Å². The molecule has 2 atom stereocenters. The molecular weight excluding hydrogens is 432 g/mol. The molecule has 2 aromatic rings. The number of carbonyl (C=O) groups is 1. The molecule has 2 saturated heterocycles. The van der Waals surface area contributed by atoms with Gasteiger partial charge in [-0.1, -0.05) is 17.7 Å². The van der Waals surface area contributed by atoms with Gasteiger partial charge in [0.25, 0.3) is 5.91 Å². The van der Waals surface area contributed by atoms with Crippen LogP contribution in [-0.2, 0) is 19.8 Å². The molecule has 1 aromatic carbocycles. The van der Waals surface area contributed by atoms with Gasteiger partial charge >= 0.3 is 0 Å². The van der Waals surface area contributed by atoms with E-state index in [0.717, 1.165) is 5.69 Å². The van der Waals surface area contributed by atoms with Gasteiger partial charge in [-0.25, -0.2) is 0 Å². The Morgan fingerprint density at radius 2 is 2.12 bits per heavy atom. The van der Waals surface area contributed by atoms with Crippen LogP contribution in [0.5, 0.6) is 5.75 Å². The zero-order chi connectivity index (χ0) is 22.8. The van der Waals surface area contributed by atoms with Crippen LogP contribution in [0, 0.1) is 0 Å². The van der Waals surface area contributed by atoms with Gasteiger partial charge in [-0.2, -0.15) is 0 Å². The van der Waals surface area contributed by atoms with Crippen LogP contribution in [0.2, 0.25) is 5.02 Å². The second-order valence-electron chi connectivity index (χ2n) is 8.98. The average Bonchev–Trinajstić information content (AvgIpc) is 3.21. The maximum atomic E-state index is 13.2. The first kappa shape index (κ1) is 23.0. The Morgan fingerprint density at radius 3 is 2.84 bits per heavy atom. The van der Waals surface area contributed by atoms with Crippen LogP contribution in [0.1, 0.15) is 43.2 Å². The molecule has 32 heavy (non-hydrogen) atoms. The molecule has 0 N–H and O–H groups in total. The third-order valence-corrected chi connectivity index (χ3v) is 5.98. The van der Waals surface area contributed by atoms with Gasteiger partial charge in [0.2, 0.25) is 0 Å². The van der Waals surface area contributed by atoms with Crippen molar-refractivity contribution in [3.05, 3.63) is 58.9 Å². The van der Waals surface area contributed by atoms with E-state index in [9.17, 15) is 4.79 Å². The monoisotopic (exact) mass is 460 g/mol. The predicted octanol–water partition coefficient (Wildman–Crippen LogP) is 4.04. The van der Waals surface area contributed by atoms with Crippen molar-refractivity contribution in [3.63, 3.8) is 0 Å². The van der Waals surface area contributed by atoms with Crippen LogP contribution >= 0.6 is 11.6 Å². The summed E-state index contributed by atoms with van der Waals surface area (Å²) >= 11 is 6.38. The van der Waals surface area contributed by atoms with Crippen LogP contribution in [0.25, 0.3) is 0 Å². The predicted molar refractivity (Wildman–Crippen MR) is 120 cm³/mol. The number of nitrogens with zero attached hydrogens (tertiary/aromatic N) is 2. The molecule has 4 rings (SSSR count). The highest BCUT2D eigenvalue weighted by atomic mass is 35.5. The first-order valence-electron chi connectivity index (χ1n) is 10.8. The molecule has 7 nitrogen and oxygen atoms in total. The first-order chi connectivity index (χ1) is 15.3. The van der Waals surface area contributed by atoms with Crippen LogP contribution in [-0.4, -0.2) is 60.6 Å². The van der Waals surface area contributed by atoms with E-state index in [1.165, 1.54) is 0 Å². The quantitative estimate of drug-likeness (QED) is 0.606. The molecule has 0 spiro atoms. The molecule has 8 heteroatoms. The molecule has 2 fully saturated rings. The van der Waals surface area contributed by atoms with E-state index < -0.39 is 5.60 Å². The summed E-state index contributed by atoms with van der Waals surface area (Å²) in [7, 11) is 0. The van der Waals surface area contributed by atoms with Gasteiger partial charge in [0.1, 0.15) is 30.9 Å². The third-order valence-electron chi connectivity index (χ3n) is 5.69. The Bertz CT molecular complexity index is 949. The largest absolute Gasteiger partial charge is 0.490 e. The topological polar surface area (TPSA) is 70.1 Å². The lowest BCUT2D eigenvalue weighted by Gasteiger charge is -2.41. The minimum atomic E-state index is -0.609. The van der Waals surface area contributed by atoms with Gasteiger partial charge in [0.15, 0.2) is 0 Å². The number of benzene rings is 1. The number of rotatable bonds is 6. The maximum absolute atomic E-state index is 13.2. The van der Waals surface area contributed by atoms with Gasteiger partial charge in [0, 0.05) is 24.7 Å². The van der Waals surface area contributed by atoms with E-state index in [0.29, 0.717) is 49.1 Å². The van der Waals surface area contributed by atoms with Crippen molar-refractivity contribution in [3.8, 4) is 5.75 Å². The fraction of sp³-hybridized carbons (Fsp3) is 0.500. The Balaban J connectivity index is 1.39. The Morgan fingerprint density at radius 1 is 1.28 bits per heavy atom. The molecular formula is C24H29ClN2O5. The molecule has 0 unspecified atom stereocenters. The smallest absolute Gasteiger partial charge is 0.254 e. The molecule has 0 bridgehead atoms. The van der Waals surface area contributed by atoms with Crippen molar-refractivity contribution in [1.82, 2.24) is 9.88 Å². The Labute approximate surface area is 193 Å². The van der Waals surface area contributed by atoms with Crippen molar-refractivity contribution >= 4 is 17.5 Å². The average molecular weight is 461 g/mol. The number of halogens is 1. The summed E-state index contributed by atoms with van der Waals surface area (Å²) in [5.74, 6) is 0.431. The second kappa shape index (κ2) is 9.35. The summed E-state index contributed by atoms with van der Waals surface area (Å²) in [5, 5.41) is 0.395. The molecule has 172 valence electrons. The van der Waals surface area contributed by atoms with Gasteiger partial charge in [-0.05, 0) is 51.1 Å². The zero-order valence-electron chi connectivity index (χ0n) is 18.7. The summed E-state index contributed by atoms with van der Waals surface area (Å²) in [6.45, 7) is 7.96. The summed E-state index contributed by atoms with van der Waals surface area (Å²) in [4.78, 5) is 19.4. The SMILES string of the molecule is CC(C)(C)OCCOc1ccc(C(=O)N2CC[C@]3(c4ccccn4)OCO[C@@H]3C2)cc1Cl. The molecule has 2 aliphatic heterocycles. The molecule has 0 aliphatic carbocycles. The number of carbonyl (C=O) groups excluding carboxylic acids is 1. The standard InChI is InChI=1S/C24H29ClN2O5/c1-23(2,3)31-13-12-29-19-8-7-17(14-18(19)25)22(28)27-11-9-24(20-6-4-5-10-26-20)21(15-27)30-16-32-24/h4-8,10,14,21H,9,11-13,15-16H2,1-3H3/t21-,24-/m1/s1. The van der Waals surface area contributed by atoms with E-state index in [2.05, 4.69) is 4.98 Å². The van der Waals surface area contributed by atoms with E-state index in [1.54, 1.807) is 29.3 Å². The first-order valence-corrected chi connectivity index (χ1v) is 11.2. The number of fused-ring (bicyclic) bond motifs is 1. The van der Waals surface area contributed by atoms with Gasteiger partial charge in [-0.3, -0.25) is 9.78 Å².